The molecule has 1 N–H and O–H groups in total. The number of hydrogen-bond donors (Lipinski definition) is 1. The molecule has 1 aliphatic rings. The summed E-state index contributed by atoms with van der Waals surface area (Å²) in [7, 11) is 0. The summed E-state index contributed by atoms with van der Waals surface area (Å²) >= 11 is 0. The summed E-state index contributed by atoms with van der Waals surface area (Å²) in [6.45, 7) is 6.08. The van der Waals surface area contributed by atoms with Gasteiger partial charge in [0.05, 0.1) is 6.07 Å². The predicted octanol–water partition coefficient (Wildman–Crippen LogP) is 2.55. The molecule has 18 heavy (non-hydrogen) atoms. The third-order valence-electron chi connectivity index (χ3n) is 3.52. The molecule has 1 heterocycles. The summed E-state index contributed by atoms with van der Waals surface area (Å²) in [4.78, 5) is 2.36. The number of nitriles is 1. The van der Waals surface area contributed by atoms with Gasteiger partial charge < -0.3 is 4.90 Å². The van der Waals surface area contributed by atoms with E-state index in [4.69, 9.17) is 0 Å². The smallest absolute Gasteiger partial charge is 0.110 e. The zero-order valence-electron chi connectivity index (χ0n) is 11.2. The van der Waals surface area contributed by atoms with Crippen LogP contribution in [0.4, 0.5) is 5.69 Å². The number of rotatable bonds is 3. The minimum Gasteiger partial charge on any atom is -0.371 e. The second kappa shape index (κ2) is 5.41. The minimum atomic E-state index is -0.334. The third-order valence-corrected chi connectivity index (χ3v) is 3.52. The molecule has 0 atom stereocenters. The monoisotopic (exact) mass is 243 g/mol. The highest BCUT2D eigenvalue weighted by Crippen LogP contribution is 2.26. The van der Waals surface area contributed by atoms with E-state index in [2.05, 4.69) is 54.4 Å². The molecule has 1 aromatic carbocycles. The van der Waals surface area contributed by atoms with Crippen molar-refractivity contribution in [3.05, 3.63) is 30.3 Å². The summed E-state index contributed by atoms with van der Waals surface area (Å²) in [6.07, 6.45) is 1.77. The lowest BCUT2D eigenvalue weighted by molar-refractivity contribution is 0.309. The number of hydrogen-bond acceptors (Lipinski definition) is 3. The number of anilines is 1. The fourth-order valence-corrected chi connectivity index (χ4v) is 2.63. The van der Waals surface area contributed by atoms with Crippen molar-refractivity contribution in [3.63, 3.8) is 0 Å². The molecule has 1 saturated heterocycles. The largest absolute Gasteiger partial charge is 0.371 e. The Morgan fingerprint density at radius 1 is 1.22 bits per heavy atom. The van der Waals surface area contributed by atoms with Crippen LogP contribution < -0.4 is 10.2 Å². The van der Waals surface area contributed by atoms with Gasteiger partial charge >= 0.3 is 0 Å². The molecule has 0 aromatic heterocycles. The standard InChI is InChI=1S/C15H21N3/c1-13(2)17-15(12-16)8-10-18(11-9-15)14-6-4-3-5-7-14/h3-7,13,17H,8-11H2,1-2H3. The fourth-order valence-electron chi connectivity index (χ4n) is 2.63. The lowest BCUT2D eigenvalue weighted by Gasteiger charge is -2.40. The van der Waals surface area contributed by atoms with Gasteiger partial charge in [-0.25, -0.2) is 0 Å². The van der Waals surface area contributed by atoms with Crippen LogP contribution in [0, 0.1) is 11.3 Å². The summed E-state index contributed by atoms with van der Waals surface area (Å²) in [6, 6.07) is 13.3. The molecule has 2 rings (SSSR count). The Morgan fingerprint density at radius 2 is 1.83 bits per heavy atom. The van der Waals surface area contributed by atoms with Crippen LogP contribution in [0.1, 0.15) is 26.7 Å². The molecular weight excluding hydrogens is 222 g/mol. The van der Waals surface area contributed by atoms with Gasteiger partial charge in [0, 0.05) is 24.8 Å². The highest BCUT2D eigenvalue weighted by molar-refractivity contribution is 5.46. The quantitative estimate of drug-likeness (QED) is 0.886. The van der Waals surface area contributed by atoms with Crippen molar-refractivity contribution in [2.75, 3.05) is 18.0 Å². The Labute approximate surface area is 109 Å². The van der Waals surface area contributed by atoms with Gasteiger partial charge in [-0.15, -0.1) is 0 Å². The highest BCUT2D eigenvalue weighted by Gasteiger charge is 2.34. The highest BCUT2D eigenvalue weighted by atomic mass is 15.2. The number of benzene rings is 1. The Bertz CT molecular complexity index is 411. The van der Waals surface area contributed by atoms with Crippen LogP contribution in [-0.4, -0.2) is 24.7 Å². The van der Waals surface area contributed by atoms with Gasteiger partial charge in [0.2, 0.25) is 0 Å². The first-order valence-electron chi connectivity index (χ1n) is 6.64. The molecule has 0 radical (unpaired) electrons. The van der Waals surface area contributed by atoms with E-state index >= 15 is 0 Å². The van der Waals surface area contributed by atoms with Gasteiger partial charge in [0.25, 0.3) is 0 Å². The maximum Gasteiger partial charge on any atom is 0.110 e. The maximum absolute atomic E-state index is 9.42. The lowest BCUT2D eigenvalue weighted by Crippen LogP contribution is -2.54. The molecule has 96 valence electrons. The van der Waals surface area contributed by atoms with Gasteiger partial charge in [0.15, 0.2) is 0 Å². The van der Waals surface area contributed by atoms with Crippen molar-refractivity contribution in [1.82, 2.24) is 5.32 Å². The number of nitrogens with zero attached hydrogens (tertiary/aromatic N) is 2. The molecule has 0 spiro atoms. The van der Waals surface area contributed by atoms with Gasteiger partial charge in [0.1, 0.15) is 5.54 Å². The maximum atomic E-state index is 9.42. The zero-order valence-corrected chi connectivity index (χ0v) is 11.2. The normalized spacial score (nSPS) is 18.7. The third kappa shape index (κ3) is 2.83. The van der Waals surface area contributed by atoms with E-state index in [0.717, 1.165) is 25.9 Å². The van der Waals surface area contributed by atoms with E-state index in [1.54, 1.807) is 0 Å². The lowest BCUT2D eigenvalue weighted by atomic mass is 9.88. The van der Waals surface area contributed by atoms with Crippen LogP contribution in [0.15, 0.2) is 30.3 Å². The van der Waals surface area contributed by atoms with Crippen LogP contribution in [0.2, 0.25) is 0 Å². The summed E-state index contributed by atoms with van der Waals surface area (Å²) in [5.74, 6) is 0. The van der Waals surface area contributed by atoms with Gasteiger partial charge in [-0.2, -0.15) is 5.26 Å². The van der Waals surface area contributed by atoms with Crippen molar-refractivity contribution in [1.29, 1.82) is 5.26 Å². The molecule has 0 unspecified atom stereocenters. The Kier molecular flexibility index (Phi) is 3.88. The van der Waals surface area contributed by atoms with Crippen LogP contribution >= 0.6 is 0 Å². The number of para-hydroxylation sites is 1. The molecule has 1 aromatic rings. The SMILES string of the molecule is CC(C)NC1(C#N)CCN(c2ccccc2)CC1. The fraction of sp³-hybridized carbons (Fsp3) is 0.533. The summed E-state index contributed by atoms with van der Waals surface area (Å²) in [5.41, 5.74) is 0.924. The summed E-state index contributed by atoms with van der Waals surface area (Å²) in [5, 5.41) is 12.8. The number of nitrogens with one attached hydrogen (secondary N) is 1. The molecular formula is C15H21N3. The van der Waals surface area contributed by atoms with Crippen LogP contribution in [0.25, 0.3) is 0 Å². The van der Waals surface area contributed by atoms with E-state index in [-0.39, 0.29) is 5.54 Å². The van der Waals surface area contributed by atoms with Gasteiger partial charge in [-0.05, 0) is 38.8 Å². The second-order valence-corrected chi connectivity index (χ2v) is 5.32. The molecule has 0 amide bonds. The second-order valence-electron chi connectivity index (χ2n) is 5.32. The zero-order chi connectivity index (χ0) is 13.0. The van der Waals surface area contributed by atoms with E-state index in [1.165, 1.54) is 5.69 Å². The van der Waals surface area contributed by atoms with Crippen LogP contribution in [0.5, 0.6) is 0 Å². The Hall–Kier alpha value is -1.53. The van der Waals surface area contributed by atoms with Gasteiger partial charge in [-0.1, -0.05) is 18.2 Å². The van der Waals surface area contributed by atoms with Crippen molar-refractivity contribution in [3.8, 4) is 6.07 Å². The Balaban J connectivity index is 2.01. The van der Waals surface area contributed by atoms with E-state index in [9.17, 15) is 5.26 Å². The average Bonchev–Trinajstić information content (AvgIpc) is 2.40. The van der Waals surface area contributed by atoms with Gasteiger partial charge in [-0.3, -0.25) is 5.32 Å². The molecule has 1 aliphatic heterocycles. The van der Waals surface area contributed by atoms with Crippen molar-refractivity contribution < 1.29 is 0 Å². The minimum absolute atomic E-state index is 0.334. The van der Waals surface area contributed by atoms with Crippen LogP contribution in [0.3, 0.4) is 0 Å². The van der Waals surface area contributed by atoms with E-state index in [1.807, 2.05) is 6.07 Å². The molecule has 3 nitrogen and oxygen atoms in total. The van der Waals surface area contributed by atoms with E-state index < -0.39 is 0 Å². The molecule has 0 bridgehead atoms. The average molecular weight is 243 g/mol. The van der Waals surface area contributed by atoms with Crippen molar-refractivity contribution >= 4 is 5.69 Å². The van der Waals surface area contributed by atoms with E-state index in [0.29, 0.717) is 6.04 Å². The molecule has 0 aliphatic carbocycles. The van der Waals surface area contributed by atoms with Crippen LogP contribution in [-0.2, 0) is 0 Å². The topological polar surface area (TPSA) is 39.1 Å². The van der Waals surface area contributed by atoms with Crippen molar-refractivity contribution in [2.24, 2.45) is 0 Å². The predicted molar refractivity (Wildman–Crippen MR) is 74.5 cm³/mol. The molecule has 1 fully saturated rings. The van der Waals surface area contributed by atoms with Crippen molar-refractivity contribution in [2.45, 2.75) is 38.3 Å². The molecule has 0 saturated carbocycles. The first-order chi connectivity index (χ1) is 8.65. The number of piperidine rings is 1. The first kappa shape index (κ1) is 12.9. The summed E-state index contributed by atoms with van der Waals surface area (Å²) < 4.78 is 0. The Morgan fingerprint density at radius 3 is 2.33 bits per heavy atom. The molecule has 3 heteroatoms. The first-order valence-corrected chi connectivity index (χ1v) is 6.64.